The minimum Gasteiger partial charge on any atom is -0.444 e. The number of nitrogens with zero attached hydrogens (tertiary/aromatic N) is 1. The van der Waals surface area contributed by atoms with Gasteiger partial charge >= 0.3 is 6.09 Å². The molecule has 0 atom stereocenters. The number of carbonyl (C=O) groups excluding carboxylic acids is 1. The molecule has 4 heteroatoms. The monoisotopic (exact) mass is 254 g/mol. The summed E-state index contributed by atoms with van der Waals surface area (Å²) in [5.41, 5.74) is 1.12. The lowest BCUT2D eigenvalue weighted by Gasteiger charge is -2.26. The molecule has 0 saturated carbocycles. The molecular weight excluding hydrogens is 228 g/mol. The summed E-state index contributed by atoms with van der Waals surface area (Å²) in [5.74, 6) is 0. The van der Waals surface area contributed by atoms with E-state index in [2.05, 4.69) is 23.2 Å². The largest absolute Gasteiger partial charge is 0.444 e. The number of hydrogen-bond donors (Lipinski definition) is 1. The summed E-state index contributed by atoms with van der Waals surface area (Å²) in [6.07, 6.45) is 4.29. The number of ether oxygens (including phenoxy) is 1. The second-order valence-electron chi connectivity index (χ2n) is 5.70. The number of rotatable bonds is 4. The summed E-state index contributed by atoms with van der Waals surface area (Å²) in [7, 11) is 0. The summed E-state index contributed by atoms with van der Waals surface area (Å²) >= 11 is 0. The summed E-state index contributed by atoms with van der Waals surface area (Å²) < 4.78 is 5.18. The van der Waals surface area contributed by atoms with Crippen LogP contribution in [0, 0.1) is 0 Å². The first-order valence-corrected chi connectivity index (χ1v) is 6.78. The zero-order valence-electron chi connectivity index (χ0n) is 12.1. The molecule has 1 amide bonds. The Labute approximate surface area is 110 Å². The van der Waals surface area contributed by atoms with E-state index < -0.39 is 5.60 Å². The Morgan fingerprint density at radius 3 is 2.72 bits per heavy atom. The predicted octanol–water partition coefficient (Wildman–Crippen LogP) is 2.55. The molecule has 0 spiro atoms. The number of alkyl carbamates (subject to hydrolysis) is 1. The van der Waals surface area contributed by atoms with Crippen molar-refractivity contribution in [2.75, 3.05) is 26.2 Å². The van der Waals surface area contributed by atoms with Crippen LogP contribution in [0.15, 0.2) is 11.6 Å². The minimum absolute atomic E-state index is 0.329. The highest BCUT2D eigenvalue weighted by Gasteiger charge is 2.16. The molecule has 1 heterocycles. The van der Waals surface area contributed by atoms with E-state index in [-0.39, 0.29) is 6.09 Å². The van der Waals surface area contributed by atoms with Gasteiger partial charge in [-0.1, -0.05) is 18.6 Å². The lowest BCUT2D eigenvalue weighted by atomic mass is 10.1. The van der Waals surface area contributed by atoms with E-state index in [9.17, 15) is 4.79 Å². The number of amides is 1. The fraction of sp³-hybridized carbons (Fsp3) is 0.786. The van der Waals surface area contributed by atoms with Gasteiger partial charge in [-0.25, -0.2) is 4.79 Å². The summed E-state index contributed by atoms with van der Waals surface area (Å²) in [5, 5.41) is 2.79. The fourth-order valence-electron chi connectivity index (χ4n) is 1.91. The highest BCUT2D eigenvalue weighted by atomic mass is 16.6. The molecule has 0 aromatic carbocycles. The fourth-order valence-corrected chi connectivity index (χ4v) is 1.91. The van der Waals surface area contributed by atoms with Crippen molar-refractivity contribution in [1.82, 2.24) is 10.2 Å². The van der Waals surface area contributed by atoms with Gasteiger partial charge in [0, 0.05) is 26.2 Å². The first-order chi connectivity index (χ1) is 8.40. The Kier molecular flexibility index (Phi) is 5.66. The van der Waals surface area contributed by atoms with Crippen LogP contribution in [0.5, 0.6) is 0 Å². The maximum atomic E-state index is 11.4. The topological polar surface area (TPSA) is 41.6 Å². The van der Waals surface area contributed by atoms with Crippen molar-refractivity contribution in [3.8, 4) is 0 Å². The van der Waals surface area contributed by atoms with Crippen molar-refractivity contribution < 1.29 is 9.53 Å². The molecule has 1 aliphatic heterocycles. The zero-order chi connectivity index (χ0) is 13.6. The van der Waals surface area contributed by atoms with Crippen LogP contribution in [0.2, 0.25) is 0 Å². The average molecular weight is 254 g/mol. The molecule has 0 aliphatic carbocycles. The Morgan fingerprint density at radius 2 is 2.22 bits per heavy atom. The maximum absolute atomic E-state index is 11.4. The van der Waals surface area contributed by atoms with Gasteiger partial charge in [0.05, 0.1) is 0 Å². The van der Waals surface area contributed by atoms with Crippen molar-refractivity contribution in [2.45, 2.75) is 46.1 Å². The van der Waals surface area contributed by atoms with Crippen LogP contribution in [-0.4, -0.2) is 42.8 Å². The summed E-state index contributed by atoms with van der Waals surface area (Å²) in [6, 6.07) is 0. The highest BCUT2D eigenvalue weighted by Crippen LogP contribution is 2.12. The maximum Gasteiger partial charge on any atom is 0.407 e. The quantitative estimate of drug-likeness (QED) is 0.784. The SMILES string of the molecule is CCC1=CCN(CCNC(=O)OC(C)(C)C)CC1. The number of hydrogen-bond acceptors (Lipinski definition) is 3. The van der Waals surface area contributed by atoms with E-state index >= 15 is 0 Å². The number of carbonyl (C=O) groups is 1. The van der Waals surface area contributed by atoms with Crippen molar-refractivity contribution in [3.05, 3.63) is 11.6 Å². The van der Waals surface area contributed by atoms with Gasteiger partial charge in [-0.3, -0.25) is 4.90 Å². The third-order valence-corrected chi connectivity index (χ3v) is 2.94. The summed E-state index contributed by atoms with van der Waals surface area (Å²) in [6.45, 7) is 11.4. The Morgan fingerprint density at radius 1 is 1.50 bits per heavy atom. The first kappa shape index (κ1) is 15.0. The highest BCUT2D eigenvalue weighted by molar-refractivity contribution is 5.67. The van der Waals surface area contributed by atoms with Crippen LogP contribution in [-0.2, 0) is 4.74 Å². The Bertz CT molecular complexity index is 305. The molecule has 0 radical (unpaired) electrons. The van der Waals surface area contributed by atoms with Crippen molar-refractivity contribution in [2.24, 2.45) is 0 Å². The second-order valence-corrected chi connectivity index (χ2v) is 5.70. The average Bonchev–Trinajstić information content (AvgIpc) is 2.27. The van der Waals surface area contributed by atoms with Crippen molar-refractivity contribution in [3.63, 3.8) is 0 Å². The smallest absolute Gasteiger partial charge is 0.407 e. The van der Waals surface area contributed by atoms with E-state index in [4.69, 9.17) is 4.74 Å². The molecule has 0 aromatic heterocycles. The third-order valence-electron chi connectivity index (χ3n) is 2.94. The predicted molar refractivity (Wildman–Crippen MR) is 73.7 cm³/mol. The van der Waals surface area contributed by atoms with Gasteiger partial charge in [0.1, 0.15) is 5.60 Å². The van der Waals surface area contributed by atoms with Gasteiger partial charge in [-0.05, 0) is 33.6 Å². The van der Waals surface area contributed by atoms with Gasteiger partial charge in [0.2, 0.25) is 0 Å². The van der Waals surface area contributed by atoms with Crippen molar-refractivity contribution >= 4 is 6.09 Å². The molecule has 1 aliphatic rings. The summed E-state index contributed by atoms with van der Waals surface area (Å²) in [4.78, 5) is 13.8. The van der Waals surface area contributed by atoms with Crippen LogP contribution in [0.3, 0.4) is 0 Å². The molecule has 18 heavy (non-hydrogen) atoms. The van der Waals surface area contributed by atoms with Crippen LogP contribution >= 0.6 is 0 Å². The van der Waals surface area contributed by atoms with Gasteiger partial charge < -0.3 is 10.1 Å². The lowest BCUT2D eigenvalue weighted by molar-refractivity contribution is 0.0522. The van der Waals surface area contributed by atoms with Gasteiger partial charge in [0.25, 0.3) is 0 Å². The molecule has 1 rings (SSSR count). The molecule has 1 N–H and O–H groups in total. The van der Waals surface area contributed by atoms with Crippen LogP contribution in [0.1, 0.15) is 40.5 Å². The third kappa shape index (κ3) is 6.05. The second kappa shape index (κ2) is 6.78. The minimum atomic E-state index is -0.423. The molecule has 4 nitrogen and oxygen atoms in total. The van der Waals surface area contributed by atoms with E-state index in [0.717, 1.165) is 32.5 Å². The standard InChI is InChI=1S/C14H26N2O2/c1-5-12-6-9-16(10-7-12)11-8-15-13(17)18-14(2,3)4/h6H,5,7-11H2,1-4H3,(H,15,17). The molecule has 0 aromatic rings. The molecule has 104 valence electrons. The molecule has 0 saturated heterocycles. The van der Waals surface area contributed by atoms with E-state index in [1.165, 1.54) is 0 Å². The van der Waals surface area contributed by atoms with Crippen LogP contribution < -0.4 is 5.32 Å². The van der Waals surface area contributed by atoms with Crippen LogP contribution in [0.4, 0.5) is 4.79 Å². The van der Waals surface area contributed by atoms with Gasteiger partial charge in [-0.15, -0.1) is 0 Å². The van der Waals surface area contributed by atoms with Crippen molar-refractivity contribution in [1.29, 1.82) is 0 Å². The molecule has 0 unspecified atom stereocenters. The molecule has 0 fully saturated rings. The van der Waals surface area contributed by atoms with E-state index in [0.29, 0.717) is 6.54 Å². The van der Waals surface area contributed by atoms with E-state index in [1.54, 1.807) is 5.57 Å². The molecule has 0 bridgehead atoms. The van der Waals surface area contributed by atoms with E-state index in [1.807, 2.05) is 20.8 Å². The molecular formula is C14H26N2O2. The first-order valence-electron chi connectivity index (χ1n) is 6.78. The Balaban J connectivity index is 2.16. The van der Waals surface area contributed by atoms with Crippen LogP contribution in [0.25, 0.3) is 0 Å². The van der Waals surface area contributed by atoms with Gasteiger partial charge in [0.15, 0.2) is 0 Å². The lowest BCUT2D eigenvalue weighted by Crippen LogP contribution is -2.39. The zero-order valence-corrected chi connectivity index (χ0v) is 12.1. The van der Waals surface area contributed by atoms with Gasteiger partial charge in [-0.2, -0.15) is 0 Å². The Hall–Kier alpha value is -1.03. The normalized spacial score (nSPS) is 17.2. The number of nitrogens with one attached hydrogen (secondary N) is 1.